The Morgan fingerprint density at radius 3 is 1.03 bits per heavy atom. The van der Waals surface area contributed by atoms with E-state index < -0.39 is 12.1 Å². The van der Waals surface area contributed by atoms with Crippen molar-refractivity contribution in [2.75, 3.05) is 13.2 Å². The fraction of sp³-hybridized carbons (Fsp3) is 0.887. The van der Waals surface area contributed by atoms with Gasteiger partial charge in [-0.05, 0) is 57.8 Å². The first kappa shape index (κ1) is 75.1. The van der Waals surface area contributed by atoms with Gasteiger partial charge in [0.1, 0.15) is 0 Å². The van der Waals surface area contributed by atoms with E-state index in [1.54, 1.807) is 6.08 Å². The smallest absolute Gasteiger partial charge is 0.305 e. The van der Waals surface area contributed by atoms with Gasteiger partial charge in [-0.25, -0.2) is 0 Å². The van der Waals surface area contributed by atoms with Crippen LogP contribution in [0.2, 0.25) is 0 Å². The maximum atomic E-state index is 12.5. The molecule has 1 amide bonds. The molecule has 0 fully saturated rings. The van der Waals surface area contributed by atoms with Crippen LogP contribution in [0.1, 0.15) is 380 Å². The van der Waals surface area contributed by atoms with E-state index in [9.17, 15) is 19.8 Å². The molecule has 6 heteroatoms. The highest BCUT2D eigenvalue weighted by Crippen LogP contribution is 2.19. The highest BCUT2D eigenvalue weighted by atomic mass is 16.5. The van der Waals surface area contributed by atoms with Crippen molar-refractivity contribution < 1.29 is 24.5 Å². The summed E-state index contributed by atoms with van der Waals surface area (Å²) >= 11 is 0. The number of esters is 1. The zero-order valence-corrected chi connectivity index (χ0v) is 52.0. The molecule has 454 valence electrons. The molecule has 0 aliphatic heterocycles. The molecule has 0 aliphatic rings. The molecule has 0 radical (unpaired) electrons. The van der Waals surface area contributed by atoms with Crippen molar-refractivity contribution in [3.05, 3.63) is 36.5 Å². The van der Waals surface area contributed by atoms with Crippen LogP contribution in [0.25, 0.3) is 0 Å². The molecule has 0 heterocycles. The minimum Gasteiger partial charge on any atom is -0.466 e. The molecule has 0 aliphatic carbocycles. The molecule has 0 rings (SSSR count). The molecule has 0 aromatic heterocycles. The van der Waals surface area contributed by atoms with E-state index in [0.717, 1.165) is 51.4 Å². The van der Waals surface area contributed by atoms with Crippen molar-refractivity contribution >= 4 is 11.9 Å². The number of allylic oxidation sites excluding steroid dienone is 5. The summed E-state index contributed by atoms with van der Waals surface area (Å²) in [6.07, 6.45) is 85.0. The fourth-order valence-electron chi connectivity index (χ4n) is 10.8. The van der Waals surface area contributed by atoms with Crippen molar-refractivity contribution in [3.8, 4) is 0 Å². The summed E-state index contributed by atoms with van der Waals surface area (Å²) in [4.78, 5) is 24.6. The summed E-state index contributed by atoms with van der Waals surface area (Å²) in [6, 6.07) is -0.629. The topological polar surface area (TPSA) is 95.9 Å². The lowest BCUT2D eigenvalue weighted by molar-refractivity contribution is -0.143. The summed E-state index contributed by atoms with van der Waals surface area (Å²) in [7, 11) is 0. The van der Waals surface area contributed by atoms with Crippen LogP contribution in [-0.4, -0.2) is 47.4 Å². The van der Waals surface area contributed by atoms with E-state index in [0.29, 0.717) is 19.4 Å². The second kappa shape index (κ2) is 66.6. The van der Waals surface area contributed by atoms with Gasteiger partial charge in [0.15, 0.2) is 0 Å². The molecular weight excluding hydrogens is 947 g/mol. The number of amides is 1. The molecule has 0 saturated carbocycles. The van der Waals surface area contributed by atoms with Gasteiger partial charge in [0, 0.05) is 12.8 Å². The van der Waals surface area contributed by atoms with Gasteiger partial charge in [0.2, 0.25) is 5.91 Å². The Morgan fingerprint density at radius 2 is 0.662 bits per heavy atom. The quantitative estimate of drug-likeness (QED) is 0.0320. The molecule has 3 N–H and O–H groups in total. The van der Waals surface area contributed by atoms with Gasteiger partial charge < -0.3 is 20.3 Å². The Balaban J connectivity index is 3.41. The Morgan fingerprint density at radius 1 is 0.364 bits per heavy atom. The number of hydrogen-bond donors (Lipinski definition) is 3. The number of hydrogen-bond acceptors (Lipinski definition) is 5. The second-order valence-electron chi connectivity index (χ2n) is 23.9. The number of ether oxygens (including phenoxy) is 1. The van der Waals surface area contributed by atoms with E-state index in [2.05, 4.69) is 43.5 Å². The van der Waals surface area contributed by atoms with Crippen LogP contribution in [0.4, 0.5) is 0 Å². The van der Waals surface area contributed by atoms with Gasteiger partial charge in [0.25, 0.3) is 0 Å². The van der Waals surface area contributed by atoms with E-state index in [-0.39, 0.29) is 18.5 Å². The van der Waals surface area contributed by atoms with E-state index in [1.807, 2.05) is 6.08 Å². The SMILES string of the molecule is CCCC/C=C\C/C=C\CCCCCCCC(=O)OCCCCCCCCCCCCCCCCCCCCCCCCCC(=O)NC(CO)C(O)/C=C/CCCCCCCCCCCCCCCCCCCCCCC. The molecule has 0 aromatic rings. The highest BCUT2D eigenvalue weighted by Gasteiger charge is 2.18. The zero-order valence-electron chi connectivity index (χ0n) is 52.0. The van der Waals surface area contributed by atoms with Gasteiger partial charge in [-0.15, -0.1) is 0 Å². The number of carbonyl (C=O) groups is 2. The van der Waals surface area contributed by atoms with Gasteiger partial charge in [0.05, 0.1) is 25.4 Å². The van der Waals surface area contributed by atoms with Crippen LogP contribution in [0.5, 0.6) is 0 Å². The van der Waals surface area contributed by atoms with Crippen molar-refractivity contribution in [2.45, 2.75) is 392 Å². The van der Waals surface area contributed by atoms with Crippen molar-refractivity contribution in [1.82, 2.24) is 5.32 Å². The third-order valence-corrected chi connectivity index (χ3v) is 16.2. The summed E-state index contributed by atoms with van der Waals surface area (Å²) in [5, 5.41) is 23.3. The first-order chi connectivity index (χ1) is 38.0. The number of unbranched alkanes of at least 4 members (excludes halogenated alkanes) is 50. The summed E-state index contributed by atoms with van der Waals surface area (Å²) in [5.74, 6) is -0.0641. The molecular formula is C71H135NO5. The zero-order chi connectivity index (χ0) is 55.7. The number of nitrogens with one attached hydrogen (secondary N) is 1. The fourth-order valence-corrected chi connectivity index (χ4v) is 10.8. The predicted octanol–water partition coefficient (Wildman–Crippen LogP) is 22.3. The minimum atomic E-state index is -0.846. The first-order valence-corrected chi connectivity index (χ1v) is 34.8. The molecule has 2 atom stereocenters. The average molecular weight is 1080 g/mol. The largest absolute Gasteiger partial charge is 0.466 e. The lowest BCUT2D eigenvalue weighted by Gasteiger charge is -2.20. The standard InChI is InChI=1S/C71H135NO5/c1-3-5-7-9-11-13-15-17-19-20-21-22-24-27-30-33-36-39-43-47-51-55-59-63-69(74)68(67-73)72-70(75)64-60-56-52-48-44-40-37-34-31-28-25-23-26-29-32-35-38-42-46-50-54-58-62-66-77-71(76)65-61-57-53-49-45-41-18-16-14-12-10-8-6-4-2/h10,12,16,18,59,63,68-69,73-74H,3-9,11,13-15,17,19-58,60-62,64-67H2,1-2H3,(H,72,75)/b12-10-,18-16-,63-59+. The van der Waals surface area contributed by atoms with Crippen LogP contribution in [-0.2, 0) is 14.3 Å². The van der Waals surface area contributed by atoms with Crippen molar-refractivity contribution in [2.24, 2.45) is 0 Å². The Hall–Kier alpha value is -1.92. The van der Waals surface area contributed by atoms with E-state index >= 15 is 0 Å². The molecule has 6 nitrogen and oxygen atoms in total. The molecule has 0 saturated heterocycles. The van der Waals surface area contributed by atoms with Crippen LogP contribution in [0, 0.1) is 0 Å². The summed E-state index contributed by atoms with van der Waals surface area (Å²) in [5.41, 5.74) is 0. The van der Waals surface area contributed by atoms with Crippen LogP contribution >= 0.6 is 0 Å². The van der Waals surface area contributed by atoms with Crippen molar-refractivity contribution in [3.63, 3.8) is 0 Å². The number of aliphatic hydroxyl groups excluding tert-OH is 2. The lowest BCUT2D eigenvalue weighted by atomic mass is 10.0. The third-order valence-electron chi connectivity index (χ3n) is 16.2. The molecule has 0 spiro atoms. The average Bonchev–Trinajstić information content (AvgIpc) is 3.43. The maximum absolute atomic E-state index is 12.5. The van der Waals surface area contributed by atoms with Gasteiger partial charge in [-0.3, -0.25) is 9.59 Å². The third kappa shape index (κ3) is 63.1. The first-order valence-electron chi connectivity index (χ1n) is 34.8. The lowest BCUT2D eigenvalue weighted by Crippen LogP contribution is -2.45. The normalized spacial score (nSPS) is 12.7. The molecule has 77 heavy (non-hydrogen) atoms. The van der Waals surface area contributed by atoms with Gasteiger partial charge in [-0.2, -0.15) is 0 Å². The van der Waals surface area contributed by atoms with Crippen LogP contribution < -0.4 is 5.32 Å². The minimum absolute atomic E-state index is 0.000275. The number of aliphatic hydroxyl groups is 2. The molecule has 0 bridgehead atoms. The van der Waals surface area contributed by atoms with Gasteiger partial charge >= 0.3 is 5.97 Å². The van der Waals surface area contributed by atoms with E-state index in [1.165, 1.54) is 302 Å². The highest BCUT2D eigenvalue weighted by molar-refractivity contribution is 5.76. The molecule has 0 aromatic carbocycles. The monoisotopic (exact) mass is 1080 g/mol. The Labute approximate surface area is 481 Å². The Bertz CT molecular complexity index is 1250. The number of rotatable bonds is 65. The molecule has 2 unspecified atom stereocenters. The van der Waals surface area contributed by atoms with E-state index in [4.69, 9.17) is 4.74 Å². The maximum Gasteiger partial charge on any atom is 0.305 e. The van der Waals surface area contributed by atoms with Crippen LogP contribution in [0.15, 0.2) is 36.5 Å². The Kier molecular flexibility index (Phi) is 64.9. The summed E-state index contributed by atoms with van der Waals surface area (Å²) in [6.45, 7) is 4.89. The van der Waals surface area contributed by atoms with Crippen LogP contribution in [0.3, 0.4) is 0 Å². The summed E-state index contributed by atoms with van der Waals surface area (Å²) < 4.78 is 5.48. The second-order valence-corrected chi connectivity index (χ2v) is 23.9. The predicted molar refractivity (Wildman–Crippen MR) is 338 cm³/mol. The van der Waals surface area contributed by atoms with Gasteiger partial charge in [-0.1, -0.05) is 346 Å². The number of carbonyl (C=O) groups excluding carboxylic acids is 2. The van der Waals surface area contributed by atoms with Crippen molar-refractivity contribution in [1.29, 1.82) is 0 Å².